The molecule has 0 aliphatic heterocycles. The van der Waals surface area contributed by atoms with Crippen LogP contribution in [0.25, 0.3) is 16.8 Å². The Bertz CT molecular complexity index is 1260. The lowest BCUT2D eigenvalue weighted by molar-refractivity contribution is -0.0663. The van der Waals surface area contributed by atoms with Crippen molar-refractivity contribution in [1.29, 1.82) is 0 Å². The first kappa shape index (κ1) is 23.6. The summed E-state index contributed by atoms with van der Waals surface area (Å²) < 4.78 is 43.4. The Morgan fingerprint density at radius 1 is 1.12 bits per heavy atom. The summed E-state index contributed by atoms with van der Waals surface area (Å²) in [5, 5.41) is 24.2. The molecular weight excluding hydrogens is 439 g/mol. The predicted octanol–water partition coefficient (Wildman–Crippen LogP) is 1.95. The zero-order valence-electron chi connectivity index (χ0n) is 17.7. The smallest absolute Gasteiger partial charge is 0.314 e. The maximum Gasteiger partial charge on any atom is 0.314 e. The molecule has 0 saturated heterocycles. The van der Waals surface area contributed by atoms with E-state index in [0.29, 0.717) is 11.3 Å². The molecule has 3 rings (SSSR count). The number of aliphatic hydroxyl groups excluding tert-OH is 1. The van der Waals surface area contributed by atoms with Crippen molar-refractivity contribution in [2.24, 2.45) is 0 Å². The SMILES string of the molecule is CC(C)(O)C(O)COc1c(-c2ccc(S(C)(=O)=O)cc2)cnn(-c2ccc(F)cc2)c1=O. The van der Waals surface area contributed by atoms with Gasteiger partial charge >= 0.3 is 5.56 Å². The number of aromatic nitrogens is 2. The molecule has 0 radical (unpaired) electrons. The lowest BCUT2D eigenvalue weighted by atomic mass is 10.0. The molecule has 3 aromatic rings. The minimum absolute atomic E-state index is 0.105. The van der Waals surface area contributed by atoms with Crippen LogP contribution in [0.1, 0.15) is 13.8 Å². The van der Waals surface area contributed by atoms with Crippen LogP contribution in [0.5, 0.6) is 5.75 Å². The van der Waals surface area contributed by atoms with Gasteiger partial charge in [-0.25, -0.2) is 12.8 Å². The summed E-state index contributed by atoms with van der Waals surface area (Å²) in [6.07, 6.45) is 1.14. The lowest BCUT2D eigenvalue weighted by Gasteiger charge is -2.24. The number of hydrogen-bond donors (Lipinski definition) is 2. The monoisotopic (exact) mass is 462 g/mol. The van der Waals surface area contributed by atoms with Crippen LogP contribution in [-0.2, 0) is 9.84 Å². The van der Waals surface area contributed by atoms with E-state index in [-0.39, 0.29) is 22.8 Å². The molecule has 8 nitrogen and oxygen atoms in total. The molecule has 32 heavy (non-hydrogen) atoms. The second kappa shape index (κ2) is 8.81. The molecule has 1 aromatic heterocycles. The van der Waals surface area contributed by atoms with Crippen LogP contribution in [0.2, 0.25) is 0 Å². The number of nitrogens with zero attached hydrogens (tertiary/aromatic N) is 2. The van der Waals surface area contributed by atoms with E-state index in [0.717, 1.165) is 10.9 Å². The van der Waals surface area contributed by atoms with Crippen molar-refractivity contribution in [1.82, 2.24) is 9.78 Å². The fraction of sp³-hybridized carbons (Fsp3) is 0.273. The zero-order chi connectivity index (χ0) is 23.7. The molecule has 170 valence electrons. The second-order valence-corrected chi connectivity index (χ2v) is 9.87. The number of benzene rings is 2. The van der Waals surface area contributed by atoms with E-state index in [1.54, 1.807) is 0 Å². The fourth-order valence-corrected chi connectivity index (χ4v) is 3.43. The number of ether oxygens (including phenoxy) is 1. The van der Waals surface area contributed by atoms with Crippen molar-refractivity contribution < 1.29 is 27.8 Å². The van der Waals surface area contributed by atoms with Crippen molar-refractivity contribution in [2.45, 2.75) is 30.4 Å². The van der Waals surface area contributed by atoms with Crippen molar-refractivity contribution in [3.8, 4) is 22.6 Å². The average Bonchev–Trinajstić information content (AvgIpc) is 2.72. The predicted molar refractivity (Wildman–Crippen MR) is 116 cm³/mol. The molecular formula is C22H23FN2O6S. The Morgan fingerprint density at radius 3 is 2.25 bits per heavy atom. The number of rotatable bonds is 7. The van der Waals surface area contributed by atoms with Crippen molar-refractivity contribution in [3.05, 3.63) is 70.9 Å². The Morgan fingerprint density at radius 2 is 1.72 bits per heavy atom. The van der Waals surface area contributed by atoms with Gasteiger partial charge in [0.2, 0.25) is 0 Å². The minimum Gasteiger partial charge on any atom is -0.484 e. The van der Waals surface area contributed by atoms with Crippen LogP contribution < -0.4 is 10.3 Å². The van der Waals surface area contributed by atoms with E-state index < -0.39 is 32.9 Å². The highest BCUT2D eigenvalue weighted by Gasteiger charge is 2.26. The molecule has 1 unspecified atom stereocenters. The van der Waals surface area contributed by atoms with E-state index in [2.05, 4.69) is 5.10 Å². The summed E-state index contributed by atoms with van der Waals surface area (Å²) in [4.78, 5) is 13.3. The Balaban J connectivity index is 2.10. The Kier molecular flexibility index (Phi) is 6.49. The highest BCUT2D eigenvalue weighted by molar-refractivity contribution is 7.90. The molecule has 0 fully saturated rings. The molecule has 10 heteroatoms. The molecule has 1 heterocycles. The minimum atomic E-state index is -3.41. The van der Waals surface area contributed by atoms with Crippen LogP contribution in [0.4, 0.5) is 4.39 Å². The van der Waals surface area contributed by atoms with Crippen molar-refractivity contribution in [3.63, 3.8) is 0 Å². The number of hydrogen-bond acceptors (Lipinski definition) is 7. The highest BCUT2D eigenvalue weighted by Crippen LogP contribution is 2.28. The maximum absolute atomic E-state index is 13.3. The third-order valence-electron chi connectivity index (χ3n) is 4.80. The second-order valence-electron chi connectivity index (χ2n) is 7.86. The highest BCUT2D eigenvalue weighted by atomic mass is 32.2. The van der Waals surface area contributed by atoms with Crippen LogP contribution in [-0.4, -0.2) is 53.0 Å². The van der Waals surface area contributed by atoms with Crippen molar-refractivity contribution >= 4 is 9.84 Å². The first-order valence-electron chi connectivity index (χ1n) is 9.60. The summed E-state index contributed by atoms with van der Waals surface area (Å²) in [5.74, 6) is -0.645. The van der Waals surface area contributed by atoms with Gasteiger partial charge in [-0.15, -0.1) is 0 Å². The van der Waals surface area contributed by atoms with Gasteiger partial charge in [0.05, 0.1) is 22.4 Å². The van der Waals surface area contributed by atoms with Crippen LogP contribution in [0.15, 0.2) is 64.4 Å². The maximum atomic E-state index is 13.3. The van der Waals surface area contributed by atoms with Crippen LogP contribution >= 0.6 is 0 Å². The Labute approximate surface area is 184 Å². The van der Waals surface area contributed by atoms with Gasteiger partial charge in [-0.3, -0.25) is 4.79 Å². The van der Waals surface area contributed by atoms with E-state index in [9.17, 15) is 27.8 Å². The summed E-state index contributed by atoms with van der Waals surface area (Å²) in [7, 11) is -3.41. The van der Waals surface area contributed by atoms with E-state index in [1.807, 2.05) is 0 Å². The topological polar surface area (TPSA) is 119 Å². The molecule has 0 saturated carbocycles. The first-order chi connectivity index (χ1) is 14.9. The van der Waals surface area contributed by atoms with Gasteiger partial charge in [-0.1, -0.05) is 12.1 Å². The van der Waals surface area contributed by atoms with Gasteiger partial charge in [0, 0.05) is 11.8 Å². The third kappa shape index (κ3) is 5.21. The van der Waals surface area contributed by atoms with Gasteiger partial charge in [0.15, 0.2) is 15.6 Å². The summed E-state index contributed by atoms with van der Waals surface area (Å²) in [6, 6.07) is 10.9. The number of aliphatic hydroxyl groups is 2. The number of halogens is 1. The zero-order valence-corrected chi connectivity index (χ0v) is 18.5. The van der Waals surface area contributed by atoms with Crippen LogP contribution in [0.3, 0.4) is 0 Å². The molecule has 2 aromatic carbocycles. The molecule has 2 N–H and O–H groups in total. The van der Waals surface area contributed by atoms with Gasteiger partial charge in [-0.2, -0.15) is 9.78 Å². The van der Waals surface area contributed by atoms with Gasteiger partial charge in [-0.05, 0) is 55.8 Å². The van der Waals surface area contributed by atoms with Gasteiger partial charge < -0.3 is 14.9 Å². The number of sulfone groups is 1. The summed E-state index contributed by atoms with van der Waals surface area (Å²) in [5.41, 5.74) is -1.13. The van der Waals surface area contributed by atoms with Gasteiger partial charge in [0.1, 0.15) is 18.5 Å². The van der Waals surface area contributed by atoms with Crippen LogP contribution in [0, 0.1) is 5.82 Å². The van der Waals surface area contributed by atoms with Gasteiger partial charge in [0.25, 0.3) is 0 Å². The Hall–Kier alpha value is -3.08. The third-order valence-corrected chi connectivity index (χ3v) is 5.93. The van der Waals surface area contributed by atoms with Crippen molar-refractivity contribution in [2.75, 3.05) is 12.9 Å². The summed E-state index contributed by atoms with van der Waals surface area (Å²) >= 11 is 0. The van der Waals surface area contributed by atoms with E-state index in [4.69, 9.17) is 4.74 Å². The first-order valence-corrected chi connectivity index (χ1v) is 11.5. The average molecular weight is 462 g/mol. The molecule has 0 aliphatic carbocycles. The fourth-order valence-electron chi connectivity index (χ4n) is 2.80. The normalized spacial score (nSPS) is 13.1. The summed E-state index contributed by atoms with van der Waals surface area (Å²) in [6.45, 7) is 2.41. The molecule has 0 bridgehead atoms. The quantitative estimate of drug-likeness (QED) is 0.551. The molecule has 0 aliphatic rings. The lowest BCUT2D eigenvalue weighted by Crippen LogP contribution is -2.40. The van der Waals surface area contributed by atoms with E-state index in [1.165, 1.54) is 68.6 Å². The standard InChI is InChI=1S/C22H23FN2O6S/c1-22(2,28)19(26)13-31-20-18(14-4-10-17(11-5-14)32(3,29)30)12-24-25(21(20)27)16-8-6-15(23)7-9-16/h4-12,19,26,28H,13H2,1-3H3. The largest absolute Gasteiger partial charge is 0.484 e. The molecule has 0 amide bonds. The molecule has 1 atom stereocenters. The van der Waals surface area contributed by atoms with E-state index >= 15 is 0 Å². The molecule has 0 spiro atoms.